The Hall–Kier alpha value is -2.30. The van der Waals surface area contributed by atoms with Gasteiger partial charge < -0.3 is 13.6 Å². The van der Waals surface area contributed by atoms with E-state index in [2.05, 4.69) is 0 Å². The van der Waals surface area contributed by atoms with Crippen LogP contribution in [-0.2, 0) is 17.6 Å². The van der Waals surface area contributed by atoms with E-state index in [0.717, 1.165) is 5.76 Å². The van der Waals surface area contributed by atoms with Crippen molar-refractivity contribution in [1.29, 1.82) is 0 Å². The molecule has 0 saturated heterocycles. The maximum Gasteiger partial charge on any atom is 0.342 e. The number of aryl methyl sites for hydroxylation is 2. The van der Waals surface area contributed by atoms with E-state index in [1.54, 1.807) is 19.3 Å². The second-order valence-corrected chi connectivity index (χ2v) is 4.51. The molecule has 2 rings (SSSR count). The molecule has 2 aromatic heterocycles. The third-order valence-corrected chi connectivity index (χ3v) is 2.82. The van der Waals surface area contributed by atoms with Gasteiger partial charge in [-0.3, -0.25) is 4.79 Å². The predicted octanol–water partition coefficient (Wildman–Crippen LogP) is 2.64. The lowest BCUT2D eigenvalue weighted by Gasteiger charge is -2.07. The summed E-state index contributed by atoms with van der Waals surface area (Å²) >= 11 is 0. The molecule has 0 N–H and O–H groups in total. The number of ether oxygens (including phenoxy) is 1. The molecule has 0 fully saturated rings. The Labute approximate surface area is 116 Å². The zero-order valence-corrected chi connectivity index (χ0v) is 11.5. The van der Waals surface area contributed by atoms with Crippen LogP contribution in [0.1, 0.15) is 30.4 Å². The topological polar surface area (TPSA) is 69.7 Å². The third kappa shape index (κ3) is 3.60. The minimum absolute atomic E-state index is 0.283. The van der Waals surface area contributed by atoms with Crippen LogP contribution in [0.5, 0.6) is 5.75 Å². The molecule has 0 aliphatic carbocycles. The van der Waals surface area contributed by atoms with Crippen LogP contribution in [0.4, 0.5) is 0 Å². The van der Waals surface area contributed by atoms with Gasteiger partial charge in [0.2, 0.25) is 0 Å². The zero-order chi connectivity index (χ0) is 14.5. The minimum Gasteiger partial charge on any atom is -0.469 e. The van der Waals surface area contributed by atoms with Gasteiger partial charge in [-0.15, -0.1) is 0 Å². The first-order valence-electron chi connectivity index (χ1n) is 6.40. The van der Waals surface area contributed by atoms with E-state index in [9.17, 15) is 9.59 Å². The summed E-state index contributed by atoms with van der Waals surface area (Å²) in [5.74, 6) is 1.10. The van der Waals surface area contributed by atoms with Crippen LogP contribution in [0.25, 0.3) is 0 Å². The number of carbonyl (C=O) groups is 1. The molecule has 5 heteroatoms. The second-order valence-electron chi connectivity index (χ2n) is 4.51. The van der Waals surface area contributed by atoms with E-state index in [1.807, 2.05) is 12.1 Å². The fraction of sp³-hybridized carbons (Fsp3) is 0.333. The molecule has 0 aliphatic heterocycles. The van der Waals surface area contributed by atoms with Crippen molar-refractivity contribution in [2.45, 2.75) is 33.1 Å². The van der Waals surface area contributed by atoms with Gasteiger partial charge in [-0.1, -0.05) is 0 Å². The van der Waals surface area contributed by atoms with Gasteiger partial charge in [-0.2, -0.15) is 0 Å². The summed E-state index contributed by atoms with van der Waals surface area (Å²) in [6.45, 7) is 2.94. The molecule has 0 aromatic carbocycles. The Balaban J connectivity index is 2.12. The smallest absolute Gasteiger partial charge is 0.342 e. The quantitative estimate of drug-likeness (QED) is 0.785. The normalized spacial score (nSPS) is 10.5. The van der Waals surface area contributed by atoms with Gasteiger partial charge in [-0.25, -0.2) is 4.79 Å². The van der Waals surface area contributed by atoms with Gasteiger partial charge in [0.25, 0.3) is 0 Å². The average molecular weight is 276 g/mol. The van der Waals surface area contributed by atoms with Crippen molar-refractivity contribution in [1.82, 2.24) is 0 Å². The van der Waals surface area contributed by atoms with E-state index >= 15 is 0 Å². The van der Waals surface area contributed by atoms with Gasteiger partial charge in [0.15, 0.2) is 0 Å². The maximum atomic E-state index is 11.9. The summed E-state index contributed by atoms with van der Waals surface area (Å²) in [6, 6.07) is 5.26. The average Bonchev–Trinajstić information content (AvgIpc) is 2.84. The molecule has 20 heavy (non-hydrogen) atoms. The van der Waals surface area contributed by atoms with Crippen molar-refractivity contribution in [2.75, 3.05) is 0 Å². The number of carbonyl (C=O) groups excluding carboxylic acids is 1. The molecule has 2 heterocycles. The van der Waals surface area contributed by atoms with Crippen molar-refractivity contribution in [3.05, 3.63) is 52.0 Å². The van der Waals surface area contributed by atoms with E-state index < -0.39 is 11.6 Å². The van der Waals surface area contributed by atoms with Gasteiger partial charge in [0, 0.05) is 19.4 Å². The molecule has 0 unspecified atom stereocenters. The fourth-order valence-corrected chi connectivity index (χ4v) is 1.97. The van der Waals surface area contributed by atoms with Crippen LogP contribution < -0.4 is 10.4 Å². The molecule has 0 spiro atoms. The van der Waals surface area contributed by atoms with Crippen molar-refractivity contribution in [3.63, 3.8) is 0 Å². The standard InChI is InChI=1S/C15H16O5/c1-10-9-14(20-11(2)16)13(15(17)19-10)7-3-5-12-6-4-8-18-12/h4,6,8-9H,3,5,7H2,1-2H3. The Bertz CT molecular complexity index is 637. The van der Waals surface area contributed by atoms with E-state index in [0.29, 0.717) is 30.6 Å². The number of hydrogen-bond donors (Lipinski definition) is 0. The first kappa shape index (κ1) is 14.1. The predicted molar refractivity (Wildman–Crippen MR) is 71.8 cm³/mol. The highest BCUT2D eigenvalue weighted by Crippen LogP contribution is 2.19. The van der Waals surface area contributed by atoms with Gasteiger partial charge in [0.1, 0.15) is 17.3 Å². The molecule has 0 radical (unpaired) electrons. The van der Waals surface area contributed by atoms with Crippen LogP contribution in [0.3, 0.4) is 0 Å². The highest BCUT2D eigenvalue weighted by Gasteiger charge is 2.13. The maximum absolute atomic E-state index is 11.9. The van der Waals surface area contributed by atoms with Crippen LogP contribution in [0.2, 0.25) is 0 Å². The lowest BCUT2D eigenvalue weighted by atomic mass is 10.1. The highest BCUT2D eigenvalue weighted by molar-refractivity contribution is 5.69. The molecule has 0 amide bonds. The summed E-state index contributed by atoms with van der Waals surface area (Å²) in [4.78, 5) is 22.9. The van der Waals surface area contributed by atoms with E-state index in [1.165, 1.54) is 6.92 Å². The van der Waals surface area contributed by atoms with Crippen LogP contribution in [-0.4, -0.2) is 5.97 Å². The van der Waals surface area contributed by atoms with Crippen LogP contribution in [0, 0.1) is 6.92 Å². The van der Waals surface area contributed by atoms with E-state index in [4.69, 9.17) is 13.6 Å². The summed E-state index contributed by atoms with van der Waals surface area (Å²) in [5.41, 5.74) is -0.0712. The number of hydrogen-bond acceptors (Lipinski definition) is 5. The Kier molecular flexibility index (Phi) is 4.40. The Morgan fingerprint density at radius 2 is 2.15 bits per heavy atom. The van der Waals surface area contributed by atoms with Gasteiger partial charge >= 0.3 is 11.6 Å². The molecule has 106 valence electrons. The molecule has 0 atom stereocenters. The zero-order valence-electron chi connectivity index (χ0n) is 11.5. The third-order valence-electron chi connectivity index (χ3n) is 2.82. The number of esters is 1. The molecular weight excluding hydrogens is 260 g/mol. The van der Waals surface area contributed by atoms with Crippen LogP contribution in [0.15, 0.2) is 38.1 Å². The van der Waals surface area contributed by atoms with Gasteiger partial charge in [-0.05, 0) is 31.9 Å². The molecule has 0 aliphatic rings. The molecule has 2 aromatic rings. The number of rotatable bonds is 5. The van der Waals surface area contributed by atoms with Crippen molar-refractivity contribution < 1.29 is 18.4 Å². The summed E-state index contributed by atoms with van der Waals surface area (Å²) < 4.78 is 15.3. The Morgan fingerprint density at radius 1 is 1.35 bits per heavy atom. The number of furan rings is 1. The first-order chi connectivity index (χ1) is 9.56. The molecular formula is C15H16O5. The minimum atomic E-state index is -0.458. The highest BCUT2D eigenvalue weighted by atomic mass is 16.5. The Morgan fingerprint density at radius 3 is 2.80 bits per heavy atom. The first-order valence-corrected chi connectivity index (χ1v) is 6.40. The van der Waals surface area contributed by atoms with Gasteiger partial charge in [0.05, 0.1) is 11.8 Å². The molecule has 0 saturated carbocycles. The fourth-order valence-electron chi connectivity index (χ4n) is 1.97. The molecule has 0 bridgehead atoms. The van der Waals surface area contributed by atoms with Crippen molar-refractivity contribution >= 4 is 5.97 Å². The lowest BCUT2D eigenvalue weighted by Crippen LogP contribution is -2.14. The second kappa shape index (κ2) is 6.23. The summed E-state index contributed by atoms with van der Waals surface area (Å²) in [7, 11) is 0. The summed E-state index contributed by atoms with van der Waals surface area (Å²) in [5, 5.41) is 0. The van der Waals surface area contributed by atoms with Crippen LogP contribution >= 0.6 is 0 Å². The largest absolute Gasteiger partial charge is 0.469 e. The van der Waals surface area contributed by atoms with Crippen molar-refractivity contribution in [2.24, 2.45) is 0 Å². The monoisotopic (exact) mass is 276 g/mol. The lowest BCUT2D eigenvalue weighted by molar-refractivity contribution is -0.131. The van der Waals surface area contributed by atoms with E-state index in [-0.39, 0.29) is 5.75 Å². The summed E-state index contributed by atoms with van der Waals surface area (Å²) in [6.07, 6.45) is 3.49. The van der Waals surface area contributed by atoms with Crippen molar-refractivity contribution in [3.8, 4) is 5.75 Å². The SMILES string of the molecule is CC(=O)Oc1cc(C)oc(=O)c1CCCc1ccco1. The molecule has 5 nitrogen and oxygen atoms in total.